The van der Waals surface area contributed by atoms with E-state index in [0.717, 1.165) is 44.2 Å². The van der Waals surface area contributed by atoms with E-state index in [1.807, 2.05) is 18.3 Å². The molecule has 0 bridgehead atoms. The number of likely N-dealkylation sites (tertiary alicyclic amines) is 1. The van der Waals surface area contributed by atoms with Crippen molar-refractivity contribution in [3.8, 4) is 0 Å². The fraction of sp³-hybridized carbons (Fsp3) is 0.655. The van der Waals surface area contributed by atoms with Crippen LogP contribution in [-0.2, 0) is 0 Å². The molecule has 37 heavy (non-hydrogen) atoms. The van der Waals surface area contributed by atoms with E-state index in [2.05, 4.69) is 36.5 Å². The third kappa shape index (κ3) is 6.98. The number of aromatic nitrogens is 3. The molecule has 200 valence electrons. The van der Waals surface area contributed by atoms with Crippen molar-refractivity contribution in [2.24, 2.45) is 0 Å². The van der Waals surface area contributed by atoms with Crippen LogP contribution in [0.3, 0.4) is 0 Å². The lowest BCUT2D eigenvalue weighted by atomic mass is 9.87. The lowest BCUT2D eigenvalue weighted by molar-refractivity contribution is 0.0591. The molecule has 2 N–H and O–H groups in total. The lowest BCUT2D eigenvalue weighted by Crippen LogP contribution is -2.56. The van der Waals surface area contributed by atoms with Gasteiger partial charge in [-0.25, -0.2) is 4.98 Å². The highest BCUT2D eigenvalue weighted by Crippen LogP contribution is 2.31. The molecule has 1 aliphatic carbocycles. The molecule has 2 saturated heterocycles. The van der Waals surface area contributed by atoms with Crippen LogP contribution >= 0.6 is 0 Å². The Morgan fingerprint density at radius 2 is 1.68 bits per heavy atom. The van der Waals surface area contributed by atoms with Gasteiger partial charge in [0, 0.05) is 50.2 Å². The zero-order chi connectivity index (χ0) is 25.3. The molecule has 2 atom stereocenters. The largest absolute Gasteiger partial charge is 0.356 e. The number of anilines is 2. The molecule has 2 aromatic rings. The minimum atomic E-state index is -0.0985. The number of carbonyl (C=O) groups is 1. The minimum Gasteiger partial charge on any atom is -0.356 e. The maximum absolute atomic E-state index is 12.6. The highest BCUT2D eigenvalue weighted by Gasteiger charge is 2.36. The second-order valence-electron chi connectivity index (χ2n) is 10.9. The number of amides is 1. The SMILES string of the molecule is O=C(NCC[C@@H]1[C@@H](Nc2nccc(N3CCCCCC3)n2)CCCN1C1CCCCC1)c1ccccn1. The smallest absolute Gasteiger partial charge is 0.269 e. The van der Waals surface area contributed by atoms with E-state index in [1.54, 1.807) is 12.3 Å². The topological polar surface area (TPSA) is 86.3 Å². The van der Waals surface area contributed by atoms with Gasteiger partial charge in [-0.1, -0.05) is 38.2 Å². The normalized spacial score (nSPS) is 23.8. The van der Waals surface area contributed by atoms with Crippen LogP contribution in [0.1, 0.15) is 87.5 Å². The highest BCUT2D eigenvalue weighted by atomic mass is 16.1. The first-order valence-corrected chi connectivity index (χ1v) is 14.6. The first-order valence-electron chi connectivity index (χ1n) is 14.6. The minimum absolute atomic E-state index is 0.0985. The maximum Gasteiger partial charge on any atom is 0.269 e. The van der Waals surface area contributed by atoms with E-state index in [4.69, 9.17) is 4.98 Å². The number of nitrogens with one attached hydrogen (secondary N) is 2. The summed E-state index contributed by atoms with van der Waals surface area (Å²) in [5.41, 5.74) is 0.476. The average molecular weight is 506 g/mol. The van der Waals surface area contributed by atoms with Gasteiger partial charge in [0.15, 0.2) is 0 Å². The fourth-order valence-electron chi connectivity index (χ4n) is 6.47. The second-order valence-corrected chi connectivity index (χ2v) is 10.9. The molecule has 0 unspecified atom stereocenters. The van der Waals surface area contributed by atoms with E-state index in [1.165, 1.54) is 64.2 Å². The van der Waals surface area contributed by atoms with Crippen LogP contribution in [0.2, 0.25) is 0 Å². The summed E-state index contributed by atoms with van der Waals surface area (Å²) in [6, 6.07) is 8.75. The van der Waals surface area contributed by atoms with Crippen LogP contribution in [0.15, 0.2) is 36.7 Å². The van der Waals surface area contributed by atoms with Crippen molar-refractivity contribution in [2.75, 3.05) is 36.4 Å². The molecule has 0 radical (unpaired) electrons. The van der Waals surface area contributed by atoms with Crippen LogP contribution in [-0.4, -0.2) is 70.1 Å². The van der Waals surface area contributed by atoms with Crippen molar-refractivity contribution >= 4 is 17.7 Å². The van der Waals surface area contributed by atoms with Crippen LogP contribution in [0, 0.1) is 0 Å². The van der Waals surface area contributed by atoms with Gasteiger partial charge in [0.25, 0.3) is 5.91 Å². The molecule has 5 rings (SSSR count). The Morgan fingerprint density at radius 3 is 2.46 bits per heavy atom. The Balaban J connectivity index is 1.28. The Bertz CT molecular complexity index is 973. The monoisotopic (exact) mass is 505 g/mol. The van der Waals surface area contributed by atoms with E-state index >= 15 is 0 Å². The molecule has 4 heterocycles. The zero-order valence-electron chi connectivity index (χ0n) is 22.2. The Kier molecular flexibility index (Phi) is 9.22. The Morgan fingerprint density at radius 1 is 0.865 bits per heavy atom. The van der Waals surface area contributed by atoms with Gasteiger partial charge in [-0.15, -0.1) is 0 Å². The molecule has 2 aromatic heterocycles. The van der Waals surface area contributed by atoms with Crippen LogP contribution < -0.4 is 15.5 Å². The lowest BCUT2D eigenvalue weighted by Gasteiger charge is -2.47. The third-order valence-electron chi connectivity index (χ3n) is 8.37. The molecule has 8 nitrogen and oxygen atoms in total. The predicted molar refractivity (Wildman–Crippen MR) is 148 cm³/mol. The van der Waals surface area contributed by atoms with Crippen molar-refractivity contribution in [2.45, 2.75) is 95.2 Å². The van der Waals surface area contributed by atoms with Crippen LogP contribution in [0.4, 0.5) is 11.8 Å². The van der Waals surface area contributed by atoms with Crippen molar-refractivity contribution in [1.82, 2.24) is 25.2 Å². The summed E-state index contributed by atoms with van der Waals surface area (Å²) in [7, 11) is 0. The summed E-state index contributed by atoms with van der Waals surface area (Å²) in [5.74, 6) is 1.68. The third-order valence-corrected chi connectivity index (χ3v) is 8.37. The summed E-state index contributed by atoms with van der Waals surface area (Å²) < 4.78 is 0. The van der Waals surface area contributed by atoms with Crippen molar-refractivity contribution in [1.29, 1.82) is 0 Å². The van der Waals surface area contributed by atoms with Crippen molar-refractivity contribution in [3.05, 3.63) is 42.4 Å². The number of rotatable bonds is 8. The first-order chi connectivity index (χ1) is 18.3. The van der Waals surface area contributed by atoms with Gasteiger partial charge in [-0.05, 0) is 69.7 Å². The first kappa shape index (κ1) is 25.9. The zero-order valence-corrected chi connectivity index (χ0v) is 22.2. The highest BCUT2D eigenvalue weighted by molar-refractivity contribution is 5.92. The standard InChI is InChI=1S/C29H43N7O/c37-28(25-13-6-7-17-30-25)31-18-15-26-24(14-10-22-36(26)23-11-4-3-5-12-23)33-29-32-19-16-27(34-29)35-20-8-1-2-9-21-35/h6-7,13,16-17,19,23-24,26H,1-5,8-12,14-15,18,20-22H2,(H,31,37)(H,32,33,34)/t24-,26+/m0/s1. The summed E-state index contributed by atoms with van der Waals surface area (Å²) in [4.78, 5) is 31.6. The molecule has 0 aromatic carbocycles. The van der Waals surface area contributed by atoms with Gasteiger partial charge in [0.2, 0.25) is 5.95 Å². The molecule has 1 saturated carbocycles. The van der Waals surface area contributed by atoms with Crippen molar-refractivity contribution < 1.29 is 4.79 Å². The number of pyridine rings is 1. The van der Waals surface area contributed by atoms with Crippen molar-refractivity contribution in [3.63, 3.8) is 0 Å². The number of carbonyl (C=O) groups excluding carboxylic acids is 1. The molecule has 0 spiro atoms. The van der Waals surface area contributed by atoms with Crippen LogP contribution in [0.25, 0.3) is 0 Å². The molecule has 2 aliphatic heterocycles. The molecule has 1 amide bonds. The van der Waals surface area contributed by atoms with E-state index in [9.17, 15) is 4.79 Å². The van der Waals surface area contributed by atoms with E-state index < -0.39 is 0 Å². The Labute approximate surface area is 221 Å². The summed E-state index contributed by atoms with van der Waals surface area (Å²) in [6.07, 6.45) is 18.4. The number of nitrogens with zero attached hydrogens (tertiary/aromatic N) is 5. The summed E-state index contributed by atoms with van der Waals surface area (Å²) >= 11 is 0. The molecule has 8 heteroatoms. The number of hydrogen-bond donors (Lipinski definition) is 2. The van der Waals surface area contributed by atoms with E-state index in [-0.39, 0.29) is 11.9 Å². The summed E-state index contributed by atoms with van der Waals surface area (Å²) in [6.45, 7) is 3.92. The van der Waals surface area contributed by atoms with E-state index in [0.29, 0.717) is 24.3 Å². The van der Waals surface area contributed by atoms with Gasteiger partial charge < -0.3 is 15.5 Å². The van der Waals surface area contributed by atoms with Gasteiger partial charge in [-0.2, -0.15) is 4.98 Å². The van der Waals surface area contributed by atoms with Gasteiger partial charge >= 0.3 is 0 Å². The number of hydrogen-bond acceptors (Lipinski definition) is 7. The molecular weight excluding hydrogens is 462 g/mol. The fourth-order valence-corrected chi connectivity index (χ4v) is 6.47. The number of piperidine rings is 1. The maximum atomic E-state index is 12.6. The molecular formula is C29H43N7O. The average Bonchev–Trinajstić information content (AvgIpc) is 3.25. The van der Waals surface area contributed by atoms with Crippen LogP contribution in [0.5, 0.6) is 0 Å². The van der Waals surface area contributed by atoms with Gasteiger partial charge in [0.05, 0.1) is 0 Å². The molecule has 3 fully saturated rings. The van der Waals surface area contributed by atoms with Gasteiger partial charge in [0.1, 0.15) is 11.5 Å². The Hall–Kier alpha value is -2.74. The van der Waals surface area contributed by atoms with Gasteiger partial charge in [-0.3, -0.25) is 14.7 Å². The molecule has 3 aliphatic rings. The quantitative estimate of drug-likeness (QED) is 0.540. The summed E-state index contributed by atoms with van der Waals surface area (Å²) in [5, 5.41) is 6.87. The predicted octanol–water partition coefficient (Wildman–Crippen LogP) is 4.65. The second kappa shape index (κ2) is 13.2.